The third-order valence-corrected chi connectivity index (χ3v) is 1.34. The molecule has 0 spiro atoms. The van der Waals surface area contributed by atoms with E-state index in [4.69, 9.17) is 4.74 Å². The van der Waals surface area contributed by atoms with Crippen molar-refractivity contribution in [3.63, 3.8) is 0 Å². The maximum Gasteiger partial charge on any atom is 0.213 e. The zero-order valence-electron chi connectivity index (χ0n) is 6.58. The van der Waals surface area contributed by atoms with E-state index < -0.39 is 0 Å². The molecular weight excluding hydrogens is 138 g/mol. The summed E-state index contributed by atoms with van der Waals surface area (Å²) in [7, 11) is 1.61. The van der Waals surface area contributed by atoms with Crippen LogP contribution in [0.1, 0.15) is 5.69 Å². The molecule has 0 aliphatic carbocycles. The molecule has 0 radical (unpaired) electrons. The number of nitrogens with zero attached hydrogens (tertiary/aromatic N) is 1. The van der Waals surface area contributed by atoms with E-state index in [1.165, 1.54) is 0 Å². The van der Waals surface area contributed by atoms with Crippen molar-refractivity contribution >= 4 is 0 Å². The quantitative estimate of drug-likeness (QED) is 0.611. The first-order valence-electron chi connectivity index (χ1n) is 3.47. The van der Waals surface area contributed by atoms with Crippen LogP contribution in [0.2, 0.25) is 0 Å². The number of pyridine rings is 1. The Bertz CT molecular complexity index is 245. The molecule has 0 fully saturated rings. The van der Waals surface area contributed by atoms with Crippen molar-refractivity contribution in [1.82, 2.24) is 4.98 Å². The number of hydrogen-bond donors (Lipinski definition) is 0. The molecule has 0 saturated carbocycles. The number of hydrogen-bond acceptors (Lipinski definition) is 2. The average molecular weight is 149 g/mol. The number of aromatic nitrogens is 1. The van der Waals surface area contributed by atoms with Crippen LogP contribution in [0.5, 0.6) is 5.88 Å². The Labute approximate surface area is 66.5 Å². The SMILES string of the molecule is C=CCc1cccc(OC)n1. The molecule has 0 unspecified atom stereocenters. The van der Waals surface area contributed by atoms with Gasteiger partial charge in [0.1, 0.15) is 0 Å². The van der Waals surface area contributed by atoms with Crippen LogP contribution in [0, 0.1) is 0 Å². The summed E-state index contributed by atoms with van der Waals surface area (Å²) >= 11 is 0. The zero-order chi connectivity index (χ0) is 8.10. The predicted molar refractivity (Wildman–Crippen MR) is 44.7 cm³/mol. The smallest absolute Gasteiger partial charge is 0.213 e. The van der Waals surface area contributed by atoms with E-state index in [1.807, 2.05) is 24.3 Å². The van der Waals surface area contributed by atoms with Gasteiger partial charge in [-0.15, -0.1) is 6.58 Å². The molecule has 0 saturated heterocycles. The van der Waals surface area contributed by atoms with E-state index in [0.29, 0.717) is 5.88 Å². The third-order valence-electron chi connectivity index (χ3n) is 1.34. The fraction of sp³-hybridized carbons (Fsp3) is 0.222. The molecule has 0 aliphatic rings. The van der Waals surface area contributed by atoms with Gasteiger partial charge in [0.25, 0.3) is 0 Å². The van der Waals surface area contributed by atoms with Gasteiger partial charge < -0.3 is 4.74 Å². The number of allylic oxidation sites excluding steroid dienone is 1. The minimum atomic E-state index is 0.657. The average Bonchev–Trinajstić information content (AvgIpc) is 2.06. The van der Waals surface area contributed by atoms with Gasteiger partial charge in [-0.2, -0.15) is 0 Å². The van der Waals surface area contributed by atoms with Crippen LogP contribution in [-0.4, -0.2) is 12.1 Å². The first kappa shape index (κ1) is 7.79. The molecule has 0 N–H and O–H groups in total. The molecule has 1 aromatic rings. The molecule has 2 heteroatoms. The van der Waals surface area contributed by atoms with Gasteiger partial charge in [-0.1, -0.05) is 12.1 Å². The summed E-state index contributed by atoms with van der Waals surface area (Å²) in [4.78, 5) is 4.19. The van der Waals surface area contributed by atoms with Gasteiger partial charge in [0.2, 0.25) is 5.88 Å². The van der Waals surface area contributed by atoms with E-state index in [9.17, 15) is 0 Å². The van der Waals surface area contributed by atoms with Crippen molar-refractivity contribution in [3.05, 3.63) is 36.5 Å². The highest BCUT2D eigenvalue weighted by Crippen LogP contribution is 2.06. The maximum atomic E-state index is 4.96. The Morgan fingerprint density at radius 2 is 2.45 bits per heavy atom. The van der Waals surface area contributed by atoms with E-state index in [2.05, 4.69) is 11.6 Å². The van der Waals surface area contributed by atoms with Crippen LogP contribution >= 0.6 is 0 Å². The summed E-state index contributed by atoms with van der Waals surface area (Å²) in [5, 5.41) is 0. The van der Waals surface area contributed by atoms with E-state index in [-0.39, 0.29) is 0 Å². The van der Waals surface area contributed by atoms with Crippen molar-refractivity contribution in [2.75, 3.05) is 7.11 Å². The standard InChI is InChI=1S/C9H11NO/c1-3-5-8-6-4-7-9(10-8)11-2/h3-4,6-7H,1,5H2,2H3. The van der Waals surface area contributed by atoms with E-state index in [1.54, 1.807) is 7.11 Å². The summed E-state index contributed by atoms with van der Waals surface area (Å²) in [6.45, 7) is 3.63. The Balaban J connectivity index is 2.82. The lowest BCUT2D eigenvalue weighted by atomic mass is 10.3. The third kappa shape index (κ3) is 2.08. The molecule has 11 heavy (non-hydrogen) atoms. The second-order valence-corrected chi connectivity index (χ2v) is 2.16. The molecule has 58 valence electrons. The van der Waals surface area contributed by atoms with Gasteiger partial charge in [0.15, 0.2) is 0 Å². The molecule has 0 aliphatic heterocycles. The van der Waals surface area contributed by atoms with Crippen LogP contribution in [0.3, 0.4) is 0 Å². The van der Waals surface area contributed by atoms with Gasteiger partial charge in [0, 0.05) is 18.2 Å². The van der Waals surface area contributed by atoms with Crippen LogP contribution in [0.25, 0.3) is 0 Å². The van der Waals surface area contributed by atoms with Crippen LogP contribution in [0.15, 0.2) is 30.9 Å². The van der Waals surface area contributed by atoms with Crippen molar-refractivity contribution in [3.8, 4) is 5.88 Å². The molecule has 0 amide bonds. The Morgan fingerprint density at radius 3 is 3.09 bits per heavy atom. The Hall–Kier alpha value is -1.31. The highest BCUT2D eigenvalue weighted by molar-refractivity contribution is 5.16. The van der Waals surface area contributed by atoms with Gasteiger partial charge in [-0.05, 0) is 6.07 Å². The molecule has 0 aromatic carbocycles. The van der Waals surface area contributed by atoms with Crippen LogP contribution < -0.4 is 4.74 Å². The summed E-state index contributed by atoms with van der Waals surface area (Å²) in [6, 6.07) is 5.70. The number of ether oxygens (including phenoxy) is 1. The molecular formula is C9H11NO. The van der Waals surface area contributed by atoms with Crippen molar-refractivity contribution in [1.29, 1.82) is 0 Å². The summed E-state index contributed by atoms with van der Waals surface area (Å²) in [5.74, 6) is 0.657. The molecule has 0 atom stereocenters. The molecule has 1 aromatic heterocycles. The van der Waals surface area contributed by atoms with Gasteiger partial charge >= 0.3 is 0 Å². The first-order valence-corrected chi connectivity index (χ1v) is 3.47. The van der Waals surface area contributed by atoms with Gasteiger partial charge in [-0.3, -0.25) is 0 Å². The normalized spacial score (nSPS) is 9.18. The number of methoxy groups -OCH3 is 1. The topological polar surface area (TPSA) is 22.1 Å². The molecule has 1 heterocycles. The first-order chi connectivity index (χ1) is 5.36. The fourth-order valence-corrected chi connectivity index (χ4v) is 0.833. The van der Waals surface area contributed by atoms with Gasteiger partial charge in [-0.25, -0.2) is 4.98 Å². The van der Waals surface area contributed by atoms with Gasteiger partial charge in [0.05, 0.1) is 7.11 Å². The monoisotopic (exact) mass is 149 g/mol. The zero-order valence-corrected chi connectivity index (χ0v) is 6.58. The molecule has 2 nitrogen and oxygen atoms in total. The summed E-state index contributed by atoms with van der Waals surface area (Å²) in [5.41, 5.74) is 0.986. The predicted octanol–water partition coefficient (Wildman–Crippen LogP) is 1.82. The van der Waals surface area contributed by atoms with Crippen LogP contribution in [-0.2, 0) is 6.42 Å². The number of rotatable bonds is 3. The summed E-state index contributed by atoms with van der Waals surface area (Å²) in [6.07, 6.45) is 2.61. The minimum absolute atomic E-state index is 0.657. The Morgan fingerprint density at radius 1 is 1.64 bits per heavy atom. The second kappa shape index (κ2) is 3.76. The Kier molecular flexibility index (Phi) is 2.66. The lowest BCUT2D eigenvalue weighted by molar-refractivity contribution is 0.396. The van der Waals surface area contributed by atoms with E-state index >= 15 is 0 Å². The largest absolute Gasteiger partial charge is 0.481 e. The lowest BCUT2D eigenvalue weighted by Gasteiger charge is -1.99. The highest BCUT2D eigenvalue weighted by Gasteiger charge is 1.93. The highest BCUT2D eigenvalue weighted by atomic mass is 16.5. The summed E-state index contributed by atoms with van der Waals surface area (Å²) < 4.78 is 4.96. The maximum absolute atomic E-state index is 4.96. The van der Waals surface area contributed by atoms with Crippen molar-refractivity contribution < 1.29 is 4.74 Å². The second-order valence-electron chi connectivity index (χ2n) is 2.16. The van der Waals surface area contributed by atoms with Crippen molar-refractivity contribution in [2.45, 2.75) is 6.42 Å². The lowest BCUT2D eigenvalue weighted by Crippen LogP contribution is -1.91. The van der Waals surface area contributed by atoms with E-state index in [0.717, 1.165) is 12.1 Å². The minimum Gasteiger partial charge on any atom is -0.481 e. The van der Waals surface area contributed by atoms with Crippen LogP contribution in [0.4, 0.5) is 0 Å². The van der Waals surface area contributed by atoms with Crippen molar-refractivity contribution in [2.24, 2.45) is 0 Å². The fourth-order valence-electron chi connectivity index (χ4n) is 0.833. The molecule has 1 rings (SSSR count). The molecule has 0 bridgehead atoms.